The van der Waals surface area contributed by atoms with Gasteiger partial charge in [0.25, 0.3) is 0 Å². The van der Waals surface area contributed by atoms with E-state index in [0.29, 0.717) is 34.9 Å². The number of amides is 1. The number of aryl methyl sites for hydroxylation is 1. The smallest absolute Gasteiger partial charge is 0.312 e. The number of phenolic OH excluding ortho intramolecular Hbond substituents is 1. The Bertz CT molecular complexity index is 1300. The number of carbonyl (C=O) groups excluding carboxylic acids is 1. The summed E-state index contributed by atoms with van der Waals surface area (Å²) in [5, 5.41) is 22.1. The summed E-state index contributed by atoms with van der Waals surface area (Å²) in [7, 11) is 0. The third-order valence-electron chi connectivity index (χ3n) is 6.18. The fourth-order valence-corrected chi connectivity index (χ4v) is 4.51. The summed E-state index contributed by atoms with van der Waals surface area (Å²) in [4.78, 5) is 23.0. The molecule has 1 aliphatic carbocycles. The number of phenols is 1. The summed E-state index contributed by atoms with van der Waals surface area (Å²) in [5.74, 6) is -0.504. The molecule has 1 aliphatic rings. The zero-order chi connectivity index (χ0) is 25.8. The lowest BCUT2D eigenvalue weighted by Gasteiger charge is -2.21. The average molecular weight is 494 g/mol. The number of halogens is 1. The molecule has 7 nitrogen and oxygen atoms in total. The number of aromatic hydroxyl groups is 1. The van der Waals surface area contributed by atoms with E-state index in [-0.39, 0.29) is 18.2 Å². The van der Waals surface area contributed by atoms with Crippen molar-refractivity contribution in [2.45, 2.75) is 52.6 Å². The van der Waals surface area contributed by atoms with Crippen LogP contribution in [-0.4, -0.2) is 22.1 Å². The van der Waals surface area contributed by atoms with Gasteiger partial charge in [-0.1, -0.05) is 19.1 Å². The lowest BCUT2D eigenvalue weighted by atomic mass is 10.0. The van der Waals surface area contributed by atoms with Gasteiger partial charge in [0.15, 0.2) is 11.5 Å². The van der Waals surface area contributed by atoms with Crippen molar-refractivity contribution in [1.82, 2.24) is 0 Å². The standard InChI is InChI=1S/C28H28FNO6/c1-3-19-23(31)11-12-24(28(19)35-15-17-7-9-18(29)10-8-17)36-27-16(2)13-22(20-5-4-6-21(20)27)30-25(32)14-26(33)34/h7-13,31H,3-6,14-15H2,1-2H3,(H,30,32)(H,33,34). The van der Waals surface area contributed by atoms with Crippen LogP contribution < -0.4 is 14.8 Å². The zero-order valence-electron chi connectivity index (χ0n) is 20.2. The van der Waals surface area contributed by atoms with Gasteiger partial charge in [-0.3, -0.25) is 9.59 Å². The molecule has 0 atom stereocenters. The lowest BCUT2D eigenvalue weighted by Crippen LogP contribution is -2.17. The second-order valence-corrected chi connectivity index (χ2v) is 8.76. The summed E-state index contributed by atoms with van der Waals surface area (Å²) < 4.78 is 25.8. The molecular formula is C28H28FNO6. The monoisotopic (exact) mass is 493 g/mol. The Morgan fingerprint density at radius 3 is 2.47 bits per heavy atom. The van der Waals surface area contributed by atoms with Gasteiger partial charge in [-0.25, -0.2) is 4.39 Å². The third-order valence-corrected chi connectivity index (χ3v) is 6.18. The number of hydrogen-bond acceptors (Lipinski definition) is 5. The maximum Gasteiger partial charge on any atom is 0.312 e. The SMILES string of the molecule is CCc1c(O)ccc(Oc2c(C)cc(NC(=O)CC(=O)O)c3c2CCC3)c1OCc1ccc(F)cc1. The highest BCUT2D eigenvalue weighted by molar-refractivity contribution is 6.02. The predicted molar refractivity (Wildman–Crippen MR) is 132 cm³/mol. The number of carboxylic acid groups (broad SMARTS) is 1. The summed E-state index contributed by atoms with van der Waals surface area (Å²) in [6, 6.07) is 11.0. The number of nitrogens with one attached hydrogen (secondary N) is 1. The van der Waals surface area contributed by atoms with Crippen LogP contribution in [0.1, 0.15) is 47.6 Å². The van der Waals surface area contributed by atoms with Crippen molar-refractivity contribution < 1.29 is 33.7 Å². The van der Waals surface area contributed by atoms with E-state index in [1.807, 2.05) is 13.8 Å². The first-order chi connectivity index (χ1) is 17.3. The van der Waals surface area contributed by atoms with Gasteiger partial charge in [0.05, 0.1) is 0 Å². The molecular weight excluding hydrogens is 465 g/mol. The average Bonchev–Trinajstić information content (AvgIpc) is 3.32. The minimum Gasteiger partial charge on any atom is -0.508 e. The summed E-state index contributed by atoms with van der Waals surface area (Å²) in [6.07, 6.45) is 2.26. The molecule has 0 aromatic heterocycles. The fraction of sp³-hybridized carbons (Fsp3) is 0.286. The Kier molecular flexibility index (Phi) is 7.43. The van der Waals surface area contributed by atoms with Crippen LogP contribution in [0.2, 0.25) is 0 Å². The number of aliphatic carboxylic acids is 1. The Hall–Kier alpha value is -4.07. The van der Waals surface area contributed by atoms with Crippen molar-refractivity contribution in [3.8, 4) is 23.0 Å². The van der Waals surface area contributed by atoms with Gasteiger partial charge in [0.1, 0.15) is 30.3 Å². The number of ether oxygens (including phenoxy) is 2. The number of fused-ring (bicyclic) bond motifs is 1. The molecule has 0 unspecified atom stereocenters. The molecule has 188 valence electrons. The Balaban J connectivity index is 1.67. The van der Waals surface area contributed by atoms with E-state index < -0.39 is 18.3 Å². The van der Waals surface area contributed by atoms with Crippen molar-refractivity contribution in [3.05, 3.63) is 76.1 Å². The number of carbonyl (C=O) groups is 2. The van der Waals surface area contributed by atoms with Gasteiger partial charge in [0, 0.05) is 16.8 Å². The van der Waals surface area contributed by atoms with Crippen molar-refractivity contribution in [3.63, 3.8) is 0 Å². The molecule has 0 spiro atoms. The molecule has 8 heteroatoms. The number of hydrogen-bond donors (Lipinski definition) is 3. The van der Waals surface area contributed by atoms with Crippen molar-refractivity contribution in [2.75, 3.05) is 5.32 Å². The molecule has 3 aromatic rings. The van der Waals surface area contributed by atoms with Crippen molar-refractivity contribution >= 4 is 17.6 Å². The zero-order valence-corrected chi connectivity index (χ0v) is 20.2. The molecule has 0 aliphatic heterocycles. The first kappa shape index (κ1) is 25.0. The molecule has 0 heterocycles. The van der Waals surface area contributed by atoms with Crippen LogP contribution >= 0.6 is 0 Å². The van der Waals surface area contributed by atoms with Crippen LogP contribution in [0.25, 0.3) is 0 Å². The van der Waals surface area contributed by atoms with Gasteiger partial charge < -0.3 is 25.0 Å². The molecule has 1 amide bonds. The maximum atomic E-state index is 13.3. The van der Waals surface area contributed by atoms with E-state index in [9.17, 15) is 19.1 Å². The molecule has 0 bridgehead atoms. The largest absolute Gasteiger partial charge is 0.508 e. The van der Waals surface area contributed by atoms with E-state index in [2.05, 4.69) is 5.32 Å². The first-order valence-electron chi connectivity index (χ1n) is 11.8. The molecule has 3 N–H and O–H groups in total. The van der Waals surface area contributed by atoms with Gasteiger partial charge in [0.2, 0.25) is 5.91 Å². The quantitative estimate of drug-likeness (QED) is 0.332. The van der Waals surface area contributed by atoms with E-state index in [4.69, 9.17) is 14.6 Å². The molecule has 0 saturated carbocycles. The van der Waals surface area contributed by atoms with Gasteiger partial charge in [-0.05, 0) is 79.6 Å². The molecule has 4 rings (SSSR count). The van der Waals surface area contributed by atoms with Gasteiger partial charge in [-0.15, -0.1) is 0 Å². The second kappa shape index (κ2) is 10.7. The van der Waals surface area contributed by atoms with Gasteiger partial charge >= 0.3 is 5.97 Å². The van der Waals surface area contributed by atoms with Gasteiger partial charge in [-0.2, -0.15) is 0 Å². The van der Waals surface area contributed by atoms with E-state index >= 15 is 0 Å². The van der Waals surface area contributed by atoms with Crippen molar-refractivity contribution in [1.29, 1.82) is 0 Å². The second-order valence-electron chi connectivity index (χ2n) is 8.76. The molecule has 36 heavy (non-hydrogen) atoms. The van der Waals surface area contributed by atoms with E-state index in [1.165, 1.54) is 12.1 Å². The van der Waals surface area contributed by atoms with Crippen LogP contribution in [0.5, 0.6) is 23.0 Å². The first-order valence-corrected chi connectivity index (χ1v) is 11.8. The van der Waals surface area contributed by atoms with Crippen LogP contribution in [0.3, 0.4) is 0 Å². The molecule has 0 radical (unpaired) electrons. The number of rotatable bonds is 9. The highest BCUT2D eigenvalue weighted by Gasteiger charge is 2.25. The molecule has 3 aromatic carbocycles. The topological polar surface area (TPSA) is 105 Å². The minimum absolute atomic E-state index is 0.0948. The van der Waals surface area contributed by atoms with E-state index in [1.54, 1.807) is 30.3 Å². The summed E-state index contributed by atoms with van der Waals surface area (Å²) >= 11 is 0. The van der Waals surface area contributed by atoms with Crippen LogP contribution in [-0.2, 0) is 35.5 Å². The highest BCUT2D eigenvalue weighted by Crippen LogP contribution is 2.45. The Labute approximate surface area is 208 Å². The Morgan fingerprint density at radius 2 is 1.78 bits per heavy atom. The number of benzene rings is 3. The van der Waals surface area contributed by atoms with Crippen molar-refractivity contribution in [2.24, 2.45) is 0 Å². The summed E-state index contributed by atoms with van der Waals surface area (Å²) in [6.45, 7) is 3.93. The normalized spacial score (nSPS) is 12.2. The maximum absolute atomic E-state index is 13.3. The summed E-state index contributed by atoms with van der Waals surface area (Å²) in [5.41, 5.74) is 4.63. The minimum atomic E-state index is -1.19. The molecule has 0 saturated heterocycles. The van der Waals surface area contributed by atoms with Crippen LogP contribution in [0, 0.1) is 12.7 Å². The number of carboxylic acids is 1. The van der Waals surface area contributed by atoms with Crippen LogP contribution in [0.4, 0.5) is 10.1 Å². The number of anilines is 1. The molecule has 0 fully saturated rings. The fourth-order valence-electron chi connectivity index (χ4n) is 4.51. The van der Waals surface area contributed by atoms with E-state index in [0.717, 1.165) is 41.5 Å². The highest BCUT2D eigenvalue weighted by atomic mass is 19.1. The third kappa shape index (κ3) is 5.43. The lowest BCUT2D eigenvalue weighted by molar-refractivity contribution is -0.139. The van der Waals surface area contributed by atoms with Crippen LogP contribution in [0.15, 0.2) is 42.5 Å². The Morgan fingerprint density at radius 1 is 1.06 bits per heavy atom. The predicted octanol–water partition coefficient (Wildman–Crippen LogP) is 5.68.